The molecule has 0 aliphatic rings. The second-order valence-corrected chi connectivity index (χ2v) is 4.69. The second kappa shape index (κ2) is 4.56. The summed E-state index contributed by atoms with van der Waals surface area (Å²) in [4.78, 5) is 10.6. The summed E-state index contributed by atoms with van der Waals surface area (Å²) >= 11 is 7.22. The summed E-state index contributed by atoms with van der Waals surface area (Å²) in [5, 5.41) is 16.8. The van der Waals surface area contributed by atoms with Crippen LogP contribution in [0.25, 0.3) is 16.7 Å². The van der Waals surface area contributed by atoms with E-state index >= 15 is 0 Å². The lowest BCUT2D eigenvalue weighted by atomic mass is 10.2. The Labute approximate surface area is 115 Å². The summed E-state index contributed by atoms with van der Waals surface area (Å²) in [5.74, 6) is -0.966. The highest BCUT2D eigenvalue weighted by molar-refractivity contribution is 7.00. The van der Waals surface area contributed by atoms with Gasteiger partial charge in [-0.1, -0.05) is 16.8 Å². The molecule has 0 saturated heterocycles. The van der Waals surface area contributed by atoms with Gasteiger partial charge in [-0.15, -0.1) is 5.10 Å². The maximum Gasteiger partial charge on any atom is 0.309 e. The van der Waals surface area contributed by atoms with E-state index in [4.69, 9.17) is 16.7 Å². The molecule has 96 valence electrons. The fraction of sp³-hybridized carbons (Fsp3) is 0.100. The third-order valence-electron chi connectivity index (χ3n) is 2.45. The van der Waals surface area contributed by atoms with E-state index < -0.39 is 5.97 Å². The predicted molar refractivity (Wildman–Crippen MR) is 68.7 cm³/mol. The Morgan fingerprint density at radius 2 is 2.26 bits per heavy atom. The molecule has 0 spiro atoms. The van der Waals surface area contributed by atoms with Crippen molar-refractivity contribution in [1.82, 2.24) is 23.7 Å². The second-order valence-electron chi connectivity index (χ2n) is 3.75. The molecule has 0 atom stereocenters. The van der Waals surface area contributed by atoms with Crippen molar-refractivity contribution in [3.05, 3.63) is 29.0 Å². The monoisotopic (exact) mass is 295 g/mol. The van der Waals surface area contributed by atoms with Crippen LogP contribution in [-0.2, 0) is 11.2 Å². The summed E-state index contributed by atoms with van der Waals surface area (Å²) < 4.78 is 9.71. The zero-order valence-electron chi connectivity index (χ0n) is 9.32. The van der Waals surface area contributed by atoms with Crippen molar-refractivity contribution in [3.63, 3.8) is 0 Å². The first kappa shape index (κ1) is 12.0. The summed E-state index contributed by atoms with van der Waals surface area (Å²) in [6, 6.07) is 3.46. The highest BCUT2D eigenvalue weighted by atomic mass is 35.5. The molecule has 3 aromatic rings. The van der Waals surface area contributed by atoms with Crippen LogP contribution in [0.2, 0.25) is 5.02 Å². The van der Waals surface area contributed by atoms with Crippen molar-refractivity contribution in [2.45, 2.75) is 6.42 Å². The van der Waals surface area contributed by atoms with Gasteiger partial charge < -0.3 is 5.11 Å². The number of carboxylic acids is 1. The van der Waals surface area contributed by atoms with Crippen LogP contribution in [0.3, 0.4) is 0 Å². The summed E-state index contributed by atoms with van der Waals surface area (Å²) in [6.45, 7) is 0. The van der Waals surface area contributed by atoms with Gasteiger partial charge >= 0.3 is 5.97 Å². The van der Waals surface area contributed by atoms with Crippen LogP contribution in [0.1, 0.15) is 5.69 Å². The van der Waals surface area contributed by atoms with Gasteiger partial charge in [0.1, 0.15) is 16.7 Å². The van der Waals surface area contributed by atoms with Crippen molar-refractivity contribution < 1.29 is 9.90 Å². The Bertz CT molecular complexity index is 768. The highest BCUT2D eigenvalue weighted by Crippen LogP contribution is 2.27. The molecule has 1 aromatic carbocycles. The van der Waals surface area contributed by atoms with Gasteiger partial charge in [0.25, 0.3) is 0 Å². The number of aromatic nitrogens is 5. The molecule has 3 rings (SSSR count). The van der Waals surface area contributed by atoms with Crippen LogP contribution in [0.15, 0.2) is 18.3 Å². The molecule has 0 amide bonds. The first-order valence-electron chi connectivity index (χ1n) is 5.19. The van der Waals surface area contributed by atoms with Crippen LogP contribution < -0.4 is 0 Å². The molecule has 19 heavy (non-hydrogen) atoms. The number of hydrogen-bond donors (Lipinski definition) is 1. The number of aliphatic carboxylic acids is 1. The van der Waals surface area contributed by atoms with Crippen molar-refractivity contribution in [2.75, 3.05) is 0 Å². The molecule has 1 N–H and O–H groups in total. The van der Waals surface area contributed by atoms with Crippen LogP contribution in [0.5, 0.6) is 0 Å². The van der Waals surface area contributed by atoms with Crippen LogP contribution in [0, 0.1) is 0 Å². The first-order chi connectivity index (χ1) is 9.15. The largest absolute Gasteiger partial charge is 0.481 e. The van der Waals surface area contributed by atoms with E-state index in [0.717, 1.165) is 11.7 Å². The lowest BCUT2D eigenvalue weighted by Crippen LogP contribution is -2.00. The number of rotatable bonds is 3. The van der Waals surface area contributed by atoms with Gasteiger partial charge in [0.2, 0.25) is 0 Å². The van der Waals surface area contributed by atoms with E-state index in [9.17, 15) is 4.79 Å². The Hall–Kier alpha value is -2.06. The summed E-state index contributed by atoms with van der Waals surface area (Å²) in [7, 11) is 0. The number of benzene rings is 1. The van der Waals surface area contributed by atoms with E-state index in [2.05, 4.69) is 19.1 Å². The fourth-order valence-corrected chi connectivity index (χ4v) is 2.45. The molecular weight excluding hydrogens is 290 g/mol. The highest BCUT2D eigenvalue weighted by Gasteiger charge is 2.14. The van der Waals surface area contributed by atoms with Crippen LogP contribution in [0.4, 0.5) is 0 Å². The van der Waals surface area contributed by atoms with Gasteiger partial charge in [0.05, 0.1) is 35.1 Å². The third kappa shape index (κ3) is 2.15. The molecule has 2 heterocycles. The normalized spacial score (nSPS) is 11.0. The first-order valence-corrected chi connectivity index (χ1v) is 6.30. The Balaban J connectivity index is 2.13. The Kier molecular flexibility index (Phi) is 2.88. The van der Waals surface area contributed by atoms with Gasteiger partial charge in [-0.3, -0.25) is 4.79 Å². The molecule has 0 fully saturated rings. The van der Waals surface area contributed by atoms with Crippen molar-refractivity contribution in [1.29, 1.82) is 0 Å². The minimum atomic E-state index is -0.966. The van der Waals surface area contributed by atoms with Crippen molar-refractivity contribution >= 4 is 40.3 Å². The van der Waals surface area contributed by atoms with E-state index in [0.29, 0.717) is 27.4 Å². The van der Waals surface area contributed by atoms with E-state index in [-0.39, 0.29) is 6.42 Å². The molecule has 0 unspecified atom stereocenters. The number of halogens is 1. The molecule has 7 nitrogen and oxygen atoms in total. The number of nitrogens with zero attached hydrogens (tertiary/aromatic N) is 5. The maximum atomic E-state index is 10.6. The standard InChI is InChI=1S/C10H6ClN5O2S/c11-6-1-2-7-9(14-19-13-7)10(6)16-4-5(12-15-16)3-8(17)18/h1-2,4H,3H2,(H,17,18). The maximum absolute atomic E-state index is 10.6. The molecule has 2 aromatic heterocycles. The van der Waals surface area contributed by atoms with Crippen molar-refractivity contribution in [3.8, 4) is 5.69 Å². The van der Waals surface area contributed by atoms with Crippen LogP contribution in [-0.4, -0.2) is 34.8 Å². The number of carboxylic acid groups (broad SMARTS) is 1. The van der Waals surface area contributed by atoms with Crippen molar-refractivity contribution in [2.24, 2.45) is 0 Å². The average Bonchev–Trinajstić information content (AvgIpc) is 2.97. The third-order valence-corrected chi connectivity index (χ3v) is 3.30. The Morgan fingerprint density at radius 1 is 1.42 bits per heavy atom. The number of fused-ring (bicyclic) bond motifs is 1. The van der Waals surface area contributed by atoms with E-state index in [1.54, 1.807) is 12.1 Å². The molecule has 0 radical (unpaired) electrons. The van der Waals surface area contributed by atoms with E-state index in [1.165, 1.54) is 10.9 Å². The van der Waals surface area contributed by atoms with Gasteiger partial charge in [0.15, 0.2) is 0 Å². The molecule has 0 saturated carbocycles. The summed E-state index contributed by atoms with van der Waals surface area (Å²) in [6.07, 6.45) is 1.33. The van der Waals surface area contributed by atoms with Gasteiger partial charge in [-0.05, 0) is 12.1 Å². The topological polar surface area (TPSA) is 93.8 Å². The number of hydrogen-bond acceptors (Lipinski definition) is 6. The lowest BCUT2D eigenvalue weighted by molar-refractivity contribution is -0.136. The van der Waals surface area contributed by atoms with E-state index in [1.807, 2.05) is 0 Å². The zero-order valence-corrected chi connectivity index (χ0v) is 10.9. The van der Waals surface area contributed by atoms with Gasteiger partial charge in [-0.2, -0.15) is 8.75 Å². The molecular formula is C10H6ClN5O2S. The average molecular weight is 296 g/mol. The van der Waals surface area contributed by atoms with Gasteiger partial charge in [0, 0.05) is 0 Å². The molecule has 0 aliphatic carbocycles. The predicted octanol–water partition coefficient (Wildman–Crippen LogP) is 1.55. The van der Waals surface area contributed by atoms with Gasteiger partial charge in [-0.25, -0.2) is 4.68 Å². The minimum Gasteiger partial charge on any atom is -0.481 e. The lowest BCUT2D eigenvalue weighted by Gasteiger charge is -2.02. The quantitative estimate of drug-likeness (QED) is 0.788. The molecule has 0 bridgehead atoms. The molecule has 9 heteroatoms. The van der Waals surface area contributed by atoms with Crippen LogP contribution >= 0.6 is 23.3 Å². The zero-order chi connectivity index (χ0) is 13.4. The minimum absolute atomic E-state index is 0.192. The molecule has 0 aliphatic heterocycles. The fourth-order valence-electron chi connectivity index (χ4n) is 1.67. The summed E-state index contributed by atoms with van der Waals surface area (Å²) in [5.41, 5.74) is 2.23. The SMILES string of the molecule is O=C(O)Cc1cn(-c2c(Cl)ccc3nsnc23)nn1. The Morgan fingerprint density at radius 3 is 3.05 bits per heavy atom. The smallest absolute Gasteiger partial charge is 0.309 e. The number of carbonyl (C=O) groups is 1.